The molecule has 2 rings (SSSR count). The van der Waals surface area contributed by atoms with Gasteiger partial charge in [-0.3, -0.25) is 9.59 Å². The zero-order chi connectivity index (χ0) is 12.3. The molecule has 5 nitrogen and oxygen atoms in total. The van der Waals surface area contributed by atoms with Crippen LogP contribution in [0.25, 0.3) is 11.0 Å². The van der Waals surface area contributed by atoms with Gasteiger partial charge in [0.2, 0.25) is 0 Å². The Balaban J connectivity index is 2.34. The molecule has 5 heteroatoms. The van der Waals surface area contributed by atoms with Crippen LogP contribution in [-0.4, -0.2) is 20.6 Å². The van der Waals surface area contributed by atoms with Crippen LogP contribution in [0, 0.1) is 0 Å². The summed E-state index contributed by atoms with van der Waals surface area (Å²) in [6, 6.07) is 7.31. The Morgan fingerprint density at radius 1 is 1.35 bits per heavy atom. The summed E-state index contributed by atoms with van der Waals surface area (Å²) in [6.07, 6.45) is 1.76. The topological polar surface area (TPSA) is 72.2 Å². The predicted molar refractivity (Wildman–Crippen MR) is 62.9 cm³/mol. The second-order valence-electron chi connectivity index (χ2n) is 3.73. The molecule has 1 heterocycles. The third-order valence-corrected chi connectivity index (χ3v) is 2.52. The van der Waals surface area contributed by atoms with Crippen molar-refractivity contribution in [2.24, 2.45) is 0 Å². The molecule has 0 radical (unpaired) electrons. The normalized spacial score (nSPS) is 10.6. The van der Waals surface area contributed by atoms with Crippen molar-refractivity contribution in [2.75, 3.05) is 0 Å². The highest BCUT2D eigenvalue weighted by molar-refractivity contribution is 5.74. The maximum Gasteiger partial charge on any atom is 0.303 e. The number of fused-ring (bicyclic) bond motifs is 1. The molecule has 0 unspecified atom stereocenters. The molecule has 0 fully saturated rings. The number of hydrogen-bond acceptors (Lipinski definition) is 3. The van der Waals surface area contributed by atoms with Gasteiger partial charge in [0.25, 0.3) is 5.56 Å². The van der Waals surface area contributed by atoms with Crippen molar-refractivity contribution in [3.63, 3.8) is 0 Å². The average Bonchev–Trinajstić information content (AvgIpc) is 2.32. The van der Waals surface area contributed by atoms with E-state index in [1.54, 1.807) is 4.57 Å². The number of aromatic nitrogens is 2. The first-order valence-corrected chi connectivity index (χ1v) is 5.35. The van der Waals surface area contributed by atoms with Crippen LogP contribution in [0.1, 0.15) is 12.8 Å². The molecule has 1 aromatic carbocycles. The van der Waals surface area contributed by atoms with Crippen LogP contribution in [-0.2, 0) is 11.3 Å². The van der Waals surface area contributed by atoms with Crippen LogP contribution in [0.4, 0.5) is 0 Å². The number of carbonyl (C=O) groups is 1. The third-order valence-electron chi connectivity index (χ3n) is 2.52. The maximum absolute atomic E-state index is 11.7. The summed E-state index contributed by atoms with van der Waals surface area (Å²) < 4.78 is 1.56. The molecule has 1 N–H and O–H groups in total. The number of para-hydroxylation sites is 2. The second kappa shape index (κ2) is 4.78. The quantitative estimate of drug-likeness (QED) is 0.861. The van der Waals surface area contributed by atoms with E-state index in [4.69, 9.17) is 5.11 Å². The van der Waals surface area contributed by atoms with E-state index in [0.717, 1.165) is 11.0 Å². The van der Waals surface area contributed by atoms with Crippen molar-refractivity contribution in [1.82, 2.24) is 9.55 Å². The predicted octanol–water partition coefficient (Wildman–Crippen LogP) is 1.26. The van der Waals surface area contributed by atoms with E-state index in [1.807, 2.05) is 24.3 Å². The van der Waals surface area contributed by atoms with Crippen molar-refractivity contribution in [3.8, 4) is 0 Å². The SMILES string of the molecule is O=C(O)CCCn1c(=O)cnc2ccccc21. The Morgan fingerprint density at radius 2 is 2.12 bits per heavy atom. The number of hydrogen-bond donors (Lipinski definition) is 1. The van der Waals surface area contributed by atoms with Gasteiger partial charge in [0, 0.05) is 13.0 Å². The Kier molecular flexibility index (Phi) is 3.18. The van der Waals surface area contributed by atoms with E-state index in [1.165, 1.54) is 6.20 Å². The first-order chi connectivity index (χ1) is 8.18. The van der Waals surface area contributed by atoms with Gasteiger partial charge < -0.3 is 9.67 Å². The van der Waals surface area contributed by atoms with Crippen molar-refractivity contribution in [2.45, 2.75) is 19.4 Å². The van der Waals surface area contributed by atoms with Gasteiger partial charge in [0.15, 0.2) is 0 Å². The fourth-order valence-corrected chi connectivity index (χ4v) is 1.73. The summed E-state index contributed by atoms with van der Waals surface area (Å²) in [4.78, 5) is 26.1. The van der Waals surface area contributed by atoms with Crippen molar-refractivity contribution in [3.05, 3.63) is 40.8 Å². The minimum atomic E-state index is -0.851. The summed E-state index contributed by atoms with van der Waals surface area (Å²) >= 11 is 0. The van der Waals surface area contributed by atoms with E-state index in [9.17, 15) is 9.59 Å². The number of aliphatic carboxylic acids is 1. The fraction of sp³-hybridized carbons (Fsp3) is 0.250. The lowest BCUT2D eigenvalue weighted by Crippen LogP contribution is -2.20. The molecule has 0 aliphatic rings. The van der Waals surface area contributed by atoms with Crippen LogP contribution in [0.15, 0.2) is 35.3 Å². The first kappa shape index (κ1) is 11.3. The van der Waals surface area contributed by atoms with Crippen LogP contribution in [0.2, 0.25) is 0 Å². The van der Waals surface area contributed by atoms with Gasteiger partial charge in [0.05, 0.1) is 17.2 Å². The summed E-state index contributed by atoms with van der Waals surface area (Å²) in [5.74, 6) is -0.851. The Hall–Kier alpha value is -2.17. The van der Waals surface area contributed by atoms with E-state index in [-0.39, 0.29) is 12.0 Å². The summed E-state index contributed by atoms with van der Waals surface area (Å²) in [7, 11) is 0. The van der Waals surface area contributed by atoms with Gasteiger partial charge in [-0.1, -0.05) is 12.1 Å². The molecule has 0 aliphatic heterocycles. The Morgan fingerprint density at radius 3 is 2.88 bits per heavy atom. The van der Waals surface area contributed by atoms with Gasteiger partial charge in [-0.2, -0.15) is 0 Å². The van der Waals surface area contributed by atoms with E-state index in [0.29, 0.717) is 13.0 Å². The lowest BCUT2D eigenvalue weighted by Gasteiger charge is -2.08. The van der Waals surface area contributed by atoms with Crippen LogP contribution >= 0.6 is 0 Å². The molecule has 0 saturated carbocycles. The fourth-order valence-electron chi connectivity index (χ4n) is 1.73. The van der Waals surface area contributed by atoms with Gasteiger partial charge in [0.1, 0.15) is 0 Å². The highest BCUT2D eigenvalue weighted by Crippen LogP contribution is 2.08. The van der Waals surface area contributed by atoms with Crippen molar-refractivity contribution in [1.29, 1.82) is 0 Å². The summed E-state index contributed by atoms with van der Waals surface area (Å²) in [6.45, 7) is 0.397. The van der Waals surface area contributed by atoms with E-state index < -0.39 is 5.97 Å². The zero-order valence-corrected chi connectivity index (χ0v) is 9.17. The Bertz CT molecular complexity index is 604. The smallest absolute Gasteiger partial charge is 0.303 e. The molecule has 0 aliphatic carbocycles. The second-order valence-corrected chi connectivity index (χ2v) is 3.73. The van der Waals surface area contributed by atoms with Crippen LogP contribution in [0.3, 0.4) is 0 Å². The number of rotatable bonds is 4. The molecule has 0 spiro atoms. The lowest BCUT2D eigenvalue weighted by atomic mass is 10.2. The molecule has 2 aromatic rings. The number of carboxylic acid groups (broad SMARTS) is 1. The average molecular weight is 232 g/mol. The molecule has 0 atom stereocenters. The van der Waals surface area contributed by atoms with E-state index >= 15 is 0 Å². The number of aryl methyl sites for hydroxylation is 1. The first-order valence-electron chi connectivity index (χ1n) is 5.35. The van der Waals surface area contributed by atoms with E-state index in [2.05, 4.69) is 4.98 Å². The highest BCUT2D eigenvalue weighted by atomic mass is 16.4. The summed E-state index contributed by atoms with van der Waals surface area (Å²) in [5, 5.41) is 8.57. The van der Waals surface area contributed by atoms with Crippen LogP contribution < -0.4 is 5.56 Å². The van der Waals surface area contributed by atoms with Gasteiger partial charge in [-0.25, -0.2) is 4.98 Å². The lowest BCUT2D eigenvalue weighted by molar-refractivity contribution is -0.137. The monoisotopic (exact) mass is 232 g/mol. The maximum atomic E-state index is 11.7. The summed E-state index contributed by atoms with van der Waals surface area (Å²) in [5.41, 5.74) is 1.28. The third kappa shape index (κ3) is 2.50. The molecule has 88 valence electrons. The molecular formula is C12H12N2O3. The van der Waals surface area contributed by atoms with Crippen molar-refractivity contribution >= 4 is 17.0 Å². The number of benzene rings is 1. The largest absolute Gasteiger partial charge is 0.481 e. The molecule has 0 saturated heterocycles. The van der Waals surface area contributed by atoms with Gasteiger partial charge in [-0.15, -0.1) is 0 Å². The molecule has 0 bridgehead atoms. The molecular weight excluding hydrogens is 220 g/mol. The van der Waals surface area contributed by atoms with Crippen molar-refractivity contribution < 1.29 is 9.90 Å². The Labute approximate surface area is 97.3 Å². The minimum absolute atomic E-state index is 0.0586. The molecule has 1 aromatic heterocycles. The van der Waals surface area contributed by atoms with Crippen LogP contribution in [0.5, 0.6) is 0 Å². The molecule has 17 heavy (non-hydrogen) atoms. The highest BCUT2D eigenvalue weighted by Gasteiger charge is 2.04. The number of nitrogens with zero attached hydrogens (tertiary/aromatic N) is 2. The zero-order valence-electron chi connectivity index (χ0n) is 9.17. The minimum Gasteiger partial charge on any atom is -0.481 e. The number of carboxylic acids is 1. The standard InChI is InChI=1S/C12H12N2O3/c15-11-8-13-9-4-1-2-5-10(9)14(11)7-3-6-12(16)17/h1-2,4-5,8H,3,6-7H2,(H,16,17). The van der Waals surface area contributed by atoms with Gasteiger partial charge in [-0.05, 0) is 18.6 Å². The van der Waals surface area contributed by atoms with Gasteiger partial charge >= 0.3 is 5.97 Å². The molecule has 0 amide bonds.